The van der Waals surface area contributed by atoms with E-state index in [9.17, 15) is 22.7 Å². The van der Waals surface area contributed by atoms with Crippen molar-refractivity contribution in [1.29, 1.82) is 0 Å². The molecule has 1 rings (SSSR count). The van der Waals surface area contributed by atoms with Gasteiger partial charge in [-0.3, -0.25) is 14.3 Å². The summed E-state index contributed by atoms with van der Waals surface area (Å²) in [5, 5.41) is 13.4. The van der Waals surface area contributed by atoms with Crippen LogP contribution in [0, 0.1) is 10.1 Å². The van der Waals surface area contributed by atoms with Crippen molar-refractivity contribution in [1.82, 2.24) is 4.72 Å². The lowest BCUT2D eigenvalue weighted by Gasteiger charge is -2.10. The number of nitrogens with one attached hydrogen (secondary N) is 2. The molecule has 0 aliphatic heterocycles. The van der Waals surface area contributed by atoms with Gasteiger partial charge in [-0.15, -0.1) is 0 Å². The highest BCUT2D eigenvalue weighted by Gasteiger charge is 2.21. The summed E-state index contributed by atoms with van der Waals surface area (Å²) in [4.78, 5) is 9.83. The molecule has 10 heteroatoms. The maximum atomic E-state index is 12.1. The van der Waals surface area contributed by atoms with Crippen LogP contribution in [0.15, 0.2) is 23.1 Å². The molecule has 0 aromatic heterocycles. The number of rotatable bonds is 7. The molecule has 0 aliphatic rings. The van der Waals surface area contributed by atoms with Gasteiger partial charge in [-0.25, -0.2) is 13.1 Å². The van der Waals surface area contributed by atoms with Crippen LogP contribution in [0.1, 0.15) is 0 Å². The molecule has 0 bridgehead atoms. The minimum absolute atomic E-state index is 0.00269. The lowest BCUT2D eigenvalue weighted by molar-refractivity contribution is -0.385. The fourth-order valence-electron chi connectivity index (χ4n) is 1.45. The third-order valence-corrected chi connectivity index (χ3v) is 4.70. The zero-order valence-corrected chi connectivity index (χ0v) is 12.6. The summed E-state index contributed by atoms with van der Waals surface area (Å²) in [7, 11) is -3.52. The van der Waals surface area contributed by atoms with Crippen LogP contribution in [0.4, 0.5) is 11.4 Å². The second kappa shape index (κ2) is 6.77. The molecule has 0 amide bonds. The number of anilines is 1. The summed E-state index contributed by atoms with van der Waals surface area (Å²) in [6, 6.07) is 3.52. The van der Waals surface area contributed by atoms with E-state index in [0.717, 1.165) is 6.07 Å². The summed E-state index contributed by atoms with van der Waals surface area (Å²) in [5.41, 5.74) is -0.0656. The molecule has 20 heavy (non-hydrogen) atoms. The van der Waals surface area contributed by atoms with Gasteiger partial charge in [0.15, 0.2) is 0 Å². The summed E-state index contributed by atoms with van der Waals surface area (Å²) in [5.74, 6) is 0.170. The molecular formula is C10H15N3O5S2. The Kier molecular flexibility index (Phi) is 5.60. The third kappa shape index (κ3) is 4.25. The van der Waals surface area contributed by atoms with Gasteiger partial charge < -0.3 is 5.32 Å². The minimum atomic E-state index is -3.91. The number of nitro groups is 1. The molecule has 1 aromatic carbocycles. The van der Waals surface area contributed by atoms with E-state index >= 15 is 0 Å². The Morgan fingerprint density at radius 2 is 2.05 bits per heavy atom. The van der Waals surface area contributed by atoms with E-state index in [1.54, 1.807) is 0 Å². The molecule has 0 aliphatic carbocycles. The number of nitrogens with zero attached hydrogens (tertiary/aromatic N) is 1. The zero-order chi connectivity index (χ0) is 15.3. The maximum absolute atomic E-state index is 12.1. The summed E-state index contributed by atoms with van der Waals surface area (Å²) >= 11 is 0. The van der Waals surface area contributed by atoms with Crippen LogP contribution >= 0.6 is 0 Å². The average molecular weight is 321 g/mol. The van der Waals surface area contributed by atoms with Gasteiger partial charge in [0, 0.05) is 48.5 Å². The lowest BCUT2D eigenvalue weighted by Crippen LogP contribution is -2.28. The van der Waals surface area contributed by atoms with Crippen LogP contribution in [0.5, 0.6) is 0 Å². The molecule has 0 saturated heterocycles. The number of benzene rings is 1. The van der Waals surface area contributed by atoms with Gasteiger partial charge in [0.2, 0.25) is 10.0 Å². The molecule has 1 unspecified atom stereocenters. The van der Waals surface area contributed by atoms with Crippen molar-refractivity contribution in [2.75, 3.05) is 30.9 Å². The van der Waals surface area contributed by atoms with Crippen molar-refractivity contribution in [2.45, 2.75) is 4.90 Å². The van der Waals surface area contributed by atoms with Crippen LogP contribution in [0.25, 0.3) is 0 Å². The maximum Gasteiger partial charge on any atom is 0.270 e. The SMILES string of the molecule is CNc1ccc([N+](=O)[O-])cc1S(=O)(=O)NCCS(C)=O. The van der Waals surface area contributed by atoms with Gasteiger partial charge in [-0.2, -0.15) is 0 Å². The Bertz CT molecular complexity index is 630. The van der Waals surface area contributed by atoms with Gasteiger partial charge in [0.1, 0.15) is 4.90 Å². The van der Waals surface area contributed by atoms with Crippen LogP contribution in [0.3, 0.4) is 0 Å². The Hall–Kier alpha value is -1.52. The number of nitro benzene ring substituents is 1. The summed E-state index contributed by atoms with van der Waals surface area (Å²) < 4.78 is 37.4. The zero-order valence-electron chi connectivity index (χ0n) is 11.0. The molecule has 0 radical (unpaired) electrons. The first kappa shape index (κ1) is 16.5. The first-order chi connectivity index (χ1) is 9.27. The molecule has 0 saturated carbocycles. The van der Waals surface area contributed by atoms with Gasteiger partial charge in [-0.1, -0.05) is 0 Å². The molecule has 0 heterocycles. The normalized spacial score (nSPS) is 12.9. The lowest BCUT2D eigenvalue weighted by atomic mass is 10.3. The van der Waals surface area contributed by atoms with E-state index in [0.29, 0.717) is 0 Å². The van der Waals surface area contributed by atoms with Crippen LogP contribution in [-0.4, -0.2) is 43.2 Å². The predicted molar refractivity (Wildman–Crippen MR) is 76.8 cm³/mol. The van der Waals surface area contributed by atoms with Crippen LogP contribution < -0.4 is 10.0 Å². The van der Waals surface area contributed by atoms with E-state index in [-0.39, 0.29) is 28.6 Å². The van der Waals surface area contributed by atoms with Crippen molar-refractivity contribution in [3.63, 3.8) is 0 Å². The van der Waals surface area contributed by atoms with Gasteiger partial charge in [-0.05, 0) is 6.07 Å². The molecule has 8 nitrogen and oxygen atoms in total. The Balaban J connectivity index is 3.11. The topological polar surface area (TPSA) is 118 Å². The van der Waals surface area contributed by atoms with E-state index in [1.165, 1.54) is 25.4 Å². The molecule has 2 N–H and O–H groups in total. The standard InChI is InChI=1S/C10H15N3O5S2/c1-11-9-4-3-8(13(14)15)7-10(9)20(17,18)12-5-6-19(2)16/h3-4,7,11-12H,5-6H2,1-2H3. The second-order valence-electron chi connectivity index (χ2n) is 3.86. The van der Waals surface area contributed by atoms with Crippen LogP contribution in [0.2, 0.25) is 0 Å². The molecule has 112 valence electrons. The Morgan fingerprint density at radius 1 is 1.40 bits per heavy atom. The fraction of sp³-hybridized carbons (Fsp3) is 0.400. The highest BCUT2D eigenvalue weighted by Crippen LogP contribution is 2.25. The molecule has 1 aromatic rings. The molecule has 1 atom stereocenters. The number of sulfonamides is 1. The Morgan fingerprint density at radius 3 is 2.55 bits per heavy atom. The highest BCUT2D eigenvalue weighted by atomic mass is 32.2. The van der Waals surface area contributed by atoms with Crippen molar-refractivity contribution >= 4 is 32.2 Å². The Labute approximate surface area is 119 Å². The van der Waals surface area contributed by atoms with Gasteiger partial charge >= 0.3 is 0 Å². The second-order valence-corrected chi connectivity index (χ2v) is 7.15. The van der Waals surface area contributed by atoms with Gasteiger partial charge in [0.05, 0.1) is 10.6 Å². The van der Waals surface area contributed by atoms with E-state index in [1.807, 2.05) is 0 Å². The van der Waals surface area contributed by atoms with Crippen molar-refractivity contribution in [3.8, 4) is 0 Å². The van der Waals surface area contributed by atoms with E-state index < -0.39 is 25.7 Å². The van der Waals surface area contributed by atoms with Crippen molar-refractivity contribution in [2.24, 2.45) is 0 Å². The van der Waals surface area contributed by atoms with Gasteiger partial charge in [0.25, 0.3) is 5.69 Å². The van der Waals surface area contributed by atoms with E-state index in [4.69, 9.17) is 0 Å². The largest absolute Gasteiger partial charge is 0.387 e. The number of hydrogen-bond donors (Lipinski definition) is 2. The first-order valence-corrected chi connectivity index (χ1v) is 8.75. The predicted octanol–water partition coefficient (Wildman–Crippen LogP) is 0.293. The van der Waals surface area contributed by atoms with Crippen molar-refractivity contribution in [3.05, 3.63) is 28.3 Å². The minimum Gasteiger partial charge on any atom is -0.387 e. The smallest absolute Gasteiger partial charge is 0.270 e. The number of hydrogen-bond acceptors (Lipinski definition) is 6. The highest BCUT2D eigenvalue weighted by molar-refractivity contribution is 7.89. The van der Waals surface area contributed by atoms with Crippen molar-refractivity contribution < 1.29 is 17.6 Å². The summed E-state index contributed by atoms with van der Waals surface area (Å²) in [6.07, 6.45) is 1.46. The molecule has 0 spiro atoms. The average Bonchev–Trinajstić information content (AvgIpc) is 2.37. The fourth-order valence-corrected chi connectivity index (χ4v) is 3.23. The quantitative estimate of drug-likeness (QED) is 0.550. The first-order valence-electron chi connectivity index (χ1n) is 5.54. The molecular weight excluding hydrogens is 306 g/mol. The molecule has 0 fully saturated rings. The summed E-state index contributed by atoms with van der Waals surface area (Å²) in [6.45, 7) is -0.00269. The third-order valence-electron chi connectivity index (χ3n) is 2.42. The number of non-ortho nitro benzene ring substituents is 1. The van der Waals surface area contributed by atoms with Crippen LogP contribution in [-0.2, 0) is 20.8 Å². The monoisotopic (exact) mass is 321 g/mol. The van der Waals surface area contributed by atoms with E-state index in [2.05, 4.69) is 10.0 Å².